The van der Waals surface area contributed by atoms with Crippen molar-refractivity contribution in [3.05, 3.63) is 48.3 Å². The normalized spacial score (nSPS) is 18.6. The number of rotatable bonds is 5. The molecule has 0 radical (unpaired) electrons. The zero-order valence-electron chi connectivity index (χ0n) is 10.9. The van der Waals surface area contributed by atoms with E-state index in [0.717, 1.165) is 31.7 Å². The highest BCUT2D eigenvalue weighted by atomic mass is 16.5. The molecule has 19 heavy (non-hydrogen) atoms. The fourth-order valence-electron chi connectivity index (χ4n) is 2.24. The Hall–Kier alpha value is -1.81. The molecule has 2 aromatic rings. The summed E-state index contributed by atoms with van der Waals surface area (Å²) in [6, 6.07) is 10.3. The lowest BCUT2D eigenvalue weighted by molar-refractivity contribution is 0.0679. The van der Waals surface area contributed by atoms with E-state index in [9.17, 15) is 0 Å². The lowest BCUT2D eigenvalue weighted by Crippen LogP contribution is -2.15. The summed E-state index contributed by atoms with van der Waals surface area (Å²) in [6.07, 6.45) is 6.18. The highest BCUT2D eigenvalue weighted by Gasteiger charge is 2.16. The lowest BCUT2D eigenvalue weighted by atomic mass is 10.2. The zero-order valence-corrected chi connectivity index (χ0v) is 10.9. The first-order valence-electron chi connectivity index (χ1n) is 6.71. The SMILES string of the molecule is c1ccc(Cn2cc(OCC3CCCO3)cn2)cc1. The van der Waals surface area contributed by atoms with Crippen LogP contribution < -0.4 is 4.74 Å². The second-order valence-electron chi connectivity index (χ2n) is 4.81. The van der Waals surface area contributed by atoms with Gasteiger partial charge < -0.3 is 9.47 Å². The van der Waals surface area contributed by atoms with E-state index in [0.29, 0.717) is 6.61 Å². The minimum Gasteiger partial charge on any atom is -0.488 e. The van der Waals surface area contributed by atoms with Crippen LogP contribution in [0.15, 0.2) is 42.7 Å². The van der Waals surface area contributed by atoms with Gasteiger partial charge >= 0.3 is 0 Å². The average Bonchev–Trinajstić information content (AvgIpc) is 3.09. The minimum absolute atomic E-state index is 0.248. The molecule has 3 rings (SSSR count). The Bertz CT molecular complexity index is 504. The Labute approximate surface area is 113 Å². The van der Waals surface area contributed by atoms with Crippen molar-refractivity contribution in [2.75, 3.05) is 13.2 Å². The number of ether oxygens (including phenoxy) is 2. The standard InChI is InChI=1S/C15H18N2O2/c1-2-5-13(6-3-1)10-17-11-15(9-16-17)19-12-14-7-4-8-18-14/h1-3,5-6,9,11,14H,4,7-8,10,12H2. The summed E-state index contributed by atoms with van der Waals surface area (Å²) in [4.78, 5) is 0. The van der Waals surface area contributed by atoms with Crippen molar-refractivity contribution < 1.29 is 9.47 Å². The molecule has 0 amide bonds. The van der Waals surface area contributed by atoms with Crippen LogP contribution >= 0.6 is 0 Å². The van der Waals surface area contributed by atoms with Gasteiger partial charge in [-0.15, -0.1) is 0 Å². The fourth-order valence-corrected chi connectivity index (χ4v) is 2.24. The first kappa shape index (κ1) is 12.2. The Morgan fingerprint density at radius 3 is 3.00 bits per heavy atom. The maximum atomic E-state index is 5.70. The largest absolute Gasteiger partial charge is 0.488 e. The third-order valence-corrected chi connectivity index (χ3v) is 3.26. The van der Waals surface area contributed by atoms with Crippen LogP contribution in [0.1, 0.15) is 18.4 Å². The van der Waals surface area contributed by atoms with E-state index in [1.54, 1.807) is 6.20 Å². The molecule has 1 aromatic carbocycles. The van der Waals surface area contributed by atoms with E-state index in [-0.39, 0.29) is 6.10 Å². The van der Waals surface area contributed by atoms with E-state index >= 15 is 0 Å². The molecule has 4 nitrogen and oxygen atoms in total. The Balaban J connectivity index is 1.54. The molecule has 0 spiro atoms. The van der Waals surface area contributed by atoms with E-state index in [2.05, 4.69) is 17.2 Å². The average molecular weight is 258 g/mol. The van der Waals surface area contributed by atoms with Crippen molar-refractivity contribution in [1.82, 2.24) is 9.78 Å². The molecule has 0 aliphatic carbocycles. The van der Waals surface area contributed by atoms with Gasteiger partial charge in [-0.3, -0.25) is 4.68 Å². The van der Waals surface area contributed by atoms with Crippen LogP contribution in [0.2, 0.25) is 0 Å². The van der Waals surface area contributed by atoms with Gasteiger partial charge in [0.15, 0.2) is 5.75 Å². The van der Waals surface area contributed by atoms with Crippen LogP contribution in [0.3, 0.4) is 0 Å². The molecular weight excluding hydrogens is 240 g/mol. The molecule has 1 aliphatic rings. The third-order valence-electron chi connectivity index (χ3n) is 3.26. The van der Waals surface area contributed by atoms with Gasteiger partial charge in [0.2, 0.25) is 0 Å². The van der Waals surface area contributed by atoms with Gasteiger partial charge in [0.1, 0.15) is 6.61 Å². The summed E-state index contributed by atoms with van der Waals surface area (Å²) in [5.74, 6) is 0.812. The smallest absolute Gasteiger partial charge is 0.157 e. The number of aromatic nitrogens is 2. The Morgan fingerprint density at radius 2 is 2.21 bits per heavy atom. The fraction of sp³-hybridized carbons (Fsp3) is 0.400. The molecule has 1 saturated heterocycles. The summed E-state index contributed by atoms with van der Waals surface area (Å²) in [5.41, 5.74) is 1.23. The quantitative estimate of drug-likeness (QED) is 0.826. The maximum Gasteiger partial charge on any atom is 0.157 e. The van der Waals surface area contributed by atoms with E-state index in [1.165, 1.54) is 5.56 Å². The van der Waals surface area contributed by atoms with Gasteiger partial charge in [0.25, 0.3) is 0 Å². The van der Waals surface area contributed by atoms with Crippen molar-refractivity contribution in [2.45, 2.75) is 25.5 Å². The number of benzene rings is 1. The van der Waals surface area contributed by atoms with Crippen LogP contribution in [0.4, 0.5) is 0 Å². The van der Waals surface area contributed by atoms with Crippen LogP contribution in [-0.4, -0.2) is 29.1 Å². The van der Waals surface area contributed by atoms with Crippen molar-refractivity contribution in [3.63, 3.8) is 0 Å². The van der Waals surface area contributed by atoms with Crippen molar-refractivity contribution in [2.24, 2.45) is 0 Å². The first-order chi connectivity index (χ1) is 9.40. The van der Waals surface area contributed by atoms with Crippen LogP contribution in [-0.2, 0) is 11.3 Å². The summed E-state index contributed by atoms with van der Waals surface area (Å²) >= 11 is 0. The maximum absolute atomic E-state index is 5.70. The zero-order chi connectivity index (χ0) is 12.9. The number of hydrogen-bond acceptors (Lipinski definition) is 3. The van der Waals surface area contributed by atoms with Crippen LogP contribution in [0, 0.1) is 0 Å². The van der Waals surface area contributed by atoms with Gasteiger partial charge in [0, 0.05) is 6.61 Å². The van der Waals surface area contributed by atoms with Gasteiger partial charge in [-0.2, -0.15) is 5.10 Å². The van der Waals surface area contributed by atoms with E-state index in [4.69, 9.17) is 9.47 Å². The number of nitrogens with zero attached hydrogens (tertiary/aromatic N) is 2. The second-order valence-corrected chi connectivity index (χ2v) is 4.81. The summed E-state index contributed by atoms with van der Waals surface area (Å²) < 4.78 is 13.1. The molecule has 0 N–H and O–H groups in total. The van der Waals surface area contributed by atoms with Gasteiger partial charge in [0.05, 0.1) is 25.0 Å². The molecule has 1 aliphatic heterocycles. The van der Waals surface area contributed by atoms with Gasteiger partial charge in [-0.1, -0.05) is 30.3 Å². The first-order valence-corrected chi connectivity index (χ1v) is 6.71. The minimum atomic E-state index is 0.248. The summed E-state index contributed by atoms with van der Waals surface area (Å²) in [5, 5.41) is 4.31. The topological polar surface area (TPSA) is 36.3 Å². The summed E-state index contributed by atoms with van der Waals surface area (Å²) in [6.45, 7) is 2.25. The van der Waals surface area contributed by atoms with Crippen molar-refractivity contribution in [1.29, 1.82) is 0 Å². The monoisotopic (exact) mass is 258 g/mol. The molecule has 4 heteroatoms. The second kappa shape index (κ2) is 5.89. The van der Waals surface area contributed by atoms with Crippen LogP contribution in [0.25, 0.3) is 0 Å². The molecule has 0 bridgehead atoms. The molecule has 2 heterocycles. The summed E-state index contributed by atoms with van der Waals surface area (Å²) in [7, 11) is 0. The molecule has 1 unspecified atom stereocenters. The van der Waals surface area contributed by atoms with Crippen molar-refractivity contribution in [3.8, 4) is 5.75 Å². The predicted molar refractivity (Wildman–Crippen MR) is 72.2 cm³/mol. The van der Waals surface area contributed by atoms with E-state index < -0.39 is 0 Å². The molecular formula is C15H18N2O2. The lowest BCUT2D eigenvalue weighted by Gasteiger charge is -2.09. The molecule has 1 fully saturated rings. The van der Waals surface area contributed by atoms with Gasteiger partial charge in [-0.05, 0) is 18.4 Å². The molecule has 1 atom stereocenters. The molecule has 1 aromatic heterocycles. The highest BCUT2D eigenvalue weighted by Crippen LogP contribution is 2.15. The number of hydrogen-bond donors (Lipinski definition) is 0. The highest BCUT2D eigenvalue weighted by molar-refractivity contribution is 5.17. The third kappa shape index (κ3) is 3.35. The Morgan fingerprint density at radius 1 is 1.32 bits per heavy atom. The predicted octanol–water partition coefficient (Wildman–Crippen LogP) is 2.49. The van der Waals surface area contributed by atoms with Crippen LogP contribution in [0.5, 0.6) is 5.75 Å². The van der Waals surface area contributed by atoms with Crippen molar-refractivity contribution >= 4 is 0 Å². The van der Waals surface area contributed by atoms with E-state index in [1.807, 2.05) is 29.1 Å². The Kier molecular flexibility index (Phi) is 3.79. The molecule has 0 saturated carbocycles. The molecule has 100 valence electrons. The van der Waals surface area contributed by atoms with Gasteiger partial charge in [-0.25, -0.2) is 0 Å².